The predicted octanol–water partition coefficient (Wildman–Crippen LogP) is 3.02. The van der Waals surface area contributed by atoms with E-state index in [4.69, 9.17) is 9.47 Å². The SMILES string of the molecule is CNC(Cc1ccc(OC)c(F)c1)C1C(C)OC(C)C1C. The first-order valence-corrected chi connectivity index (χ1v) is 7.63. The third kappa shape index (κ3) is 3.38. The summed E-state index contributed by atoms with van der Waals surface area (Å²) in [6.07, 6.45) is 1.27. The van der Waals surface area contributed by atoms with Crippen molar-refractivity contribution in [3.8, 4) is 5.75 Å². The molecule has 1 N–H and O–H groups in total. The second-order valence-electron chi connectivity index (χ2n) is 6.05. The second kappa shape index (κ2) is 6.75. The number of benzene rings is 1. The van der Waals surface area contributed by atoms with Gasteiger partial charge in [0.05, 0.1) is 19.3 Å². The molecular formula is C17H26FNO2. The fourth-order valence-corrected chi connectivity index (χ4v) is 3.51. The first-order valence-electron chi connectivity index (χ1n) is 7.63. The van der Waals surface area contributed by atoms with Crippen LogP contribution >= 0.6 is 0 Å². The maximum atomic E-state index is 13.8. The summed E-state index contributed by atoms with van der Waals surface area (Å²) in [5, 5.41) is 3.39. The highest BCUT2D eigenvalue weighted by Gasteiger charge is 2.41. The van der Waals surface area contributed by atoms with Crippen LogP contribution in [-0.4, -0.2) is 32.4 Å². The predicted molar refractivity (Wildman–Crippen MR) is 82.2 cm³/mol. The van der Waals surface area contributed by atoms with Crippen molar-refractivity contribution in [2.75, 3.05) is 14.2 Å². The second-order valence-corrected chi connectivity index (χ2v) is 6.05. The fraction of sp³-hybridized carbons (Fsp3) is 0.647. The summed E-state index contributed by atoms with van der Waals surface area (Å²) in [6, 6.07) is 5.46. The zero-order chi connectivity index (χ0) is 15.6. The molecule has 5 unspecified atom stereocenters. The summed E-state index contributed by atoms with van der Waals surface area (Å²) in [6.45, 7) is 6.49. The number of methoxy groups -OCH3 is 1. The van der Waals surface area contributed by atoms with Gasteiger partial charge in [-0.25, -0.2) is 4.39 Å². The van der Waals surface area contributed by atoms with Gasteiger partial charge in [-0.2, -0.15) is 0 Å². The summed E-state index contributed by atoms with van der Waals surface area (Å²) in [7, 11) is 3.45. The van der Waals surface area contributed by atoms with E-state index in [9.17, 15) is 4.39 Å². The lowest BCUT2D eigenvalue weighted by Crippen LogP contribution is -2.41. The molecule has 21 heavy (non-hydrogen) atoms. The van der Waals surface area contributed by atoms with Crippen LogP contribution < -0.4 is 10.1 Å². The van der Waals surface area contributed by atoms with E-state index in [-0.39, 0.29) is 24.1 Å². The molecule has 3 nitrogen and oxygen atoms in total. The van der Waals surface area contributed by atoms with Crippen molar-refractivity contribution in [2.45, 2.75) is 45.4 Å². The maximum Gasteiger partial charge on any atom is 0.165 e. The summed E-state index contributed by atoms with van der Waals surface area (Å²) < 4.78 is 24.7. The van der Waals surface area contributed by atoms with Crippen LogP contribution in [0.5, 0.6) is 5.75 Å². The van der Waals surface area contributed by atoms with E-state index in [0.29, 0.717) is 17.6 Å². The smallest absolute Gasteiger partial charge is 0.165 e. The van der Waals surface area contributed by atoms with E-state index in [2.05, 4.69) is 26.1 Å². The molecule has 0 bridgehead atoms. The highest BCUT2D eigenvalue weighted by molar-refractivity contribution is 5.29. The van der Waals surface area contributed by atoms with Crippen LogP contribution in [0.3, 0.4) is 0 Å². The van der Waals surface area contributed by atoms with Gasteiger partial charge in [0.25, 0.3) is 0 Å². The summed E-state index contributed by atoms with van der Waals surface area (Å²) in [5.41, 5.74) is 0.978. The van der Waals surface area contributed by atoms with Gasteiger partial charge in [0.15, 0.2) is 11.6 Å². The van der Waals surface area contributed by atoms with Crippen molar-refractivity contribution in [3.63, 3.8) is 0 Å². The molecule has 4 heteroatoms. The minimum atomic E-state index is -0.304. The fourth-order valence-electron chi connectivity index (χ4n) is 3.51. The van der Waals surface area contributed by atoms with Gasteiger partial charge < -0.3 is 14.8 Å². The third-order valence-corrected chi connectivity index (χ3v) is 4.83. The molecule has 1 aliphatic rings. The number of hydrogen-bond acceptors (Lipinski definition) is 3. The molecule has 5 atom stereocenters. The zero-order valence-corrected chi connectivity index (χ0v) is 13.5. The monoisotopic (exact) mass is 295 g/mol. The third-order valence-electron chi connectivity index (χ3n) is 4.83. The molecule has 0 radical (unpaired) electrons. The Bertz CT molecular complexity index is 480. The van der Waals surface area contributed by atoms with Crippen molar-refractivity contribution in [1.82, 2.24) is 5.32 Å². The zero-order valence-electron chi connectivity index (χ0n) is 13.5. The van der Waals surface area contributed by atoms with Crippen molar-refractivity contribution in [2.24, 2.45) is 11.8 Å². The van der Waals surface area contributed by atoms with Crippen molar-refractivity contribution in [1.29, 1.82) is 0 Å². The normalized spacial score (nSPS) is 30.4. The minimum Gasteiger partial charge on any atom is -0.494 e. The van der Waals surface area contributed by atoms with Gasteiger partial charge in [0.2, 0.25) is 0 Å². The molecule has 0 amide bonds. The summed E-state index contributed by atoms with van der Waals surface area (Å²) in [4.78, 5) is 0. The molecule has 1 aliphatic heterocycles. The Hall–Kier alpha value is -1.13. The number of hydrogen-bond donors (Lipinski definition) is 1. The summed E-state index contributed by atoms with van der Waals surface area (Å²) in [5.74, 6) is 0.900. The van der Waals surface area contributed by atoms with Gasteiger partial charge in [-0.1, -0.05) is 13.0 Å². The maximum absolute atomic E-state index is 13.8. The first kappa shape index (κ1) is 16.2. The van der Waals surface area contributed by atoms with E-state index < -0.39 is 0 Å². The largest absolute Gasteiger partial charge is 0.494 e. The van der Waals surface area contributed by atoms with Gasteiger partial charge in [0, 0.05) is 12.0 Å². The molecule has 118 valence electrons. The standard InChI is InChI=1S/C17H26FNO2/c1-10-11(2)21-12(3)17(10)15(19-4)9-13-6-7-16(20-5)14(18)8-13/h6-8,10-12,15,17,19H,9H2,1-5H3. The van der Waals surface area contributed by atoms with Crippen LogP contribution in [0.1, 0.15) is 26.3 Å². The number of likely N-dealkylation sites (N-methyl/N-ethyl adjacent to an activating group) is 1. The number of nitrogens with one attached hydrogen (secondary N) is 1. The molecule has 1 aromatic carbocycles. The molecule has 1 aromatic rings. The van der Waals surface area contributed by atoms with Gasteiger partial charge in [0.1, 0.15) is 0 Å². The lowest BCUT2D eigenvalue weighted by atomic mass is 9.81. The van der Waals surface area contributed by atoms with Crippen LogP contribution in [0.2, 0.25) is 0 Å². The van der Waals surface area contributed by atoms with E-state index in [1.807, 2.05) is 13.1 Å². The van der Waals surface area contributed by atoms with Gasteiger partial charge in [-0.15, -0.1) is 0 Å². The Labute approximate surface area is 126 Å². The van der Waals surface area contributed by atoms with Crippen LogP contribution in [-0.2, 0) is 11.2 Å². The molecule has 1 saturated heterocycles. The highest BCUT2D eigenvalue weighted by Crippen LogP contribution is 2.35. The van der Waals surface area contributed by atoms with Gasteiger partial charge in [-0.3, -0.25) is 0 Å². The topological polar surface area (TPSA) is 30.5 Å². The molecule has 0 aliphatic carbocycles. The Morgan fingerprint density at radius 1 is 1.29 bits per heavy atom. The van der Waals surface area contributed by atoms with Crippen LogP contribution in [0.25, 0.3) is 0 Å². The van der Waals surface area contributed by atoms with Crippen LogP contribution in [0.15, 0.2) is 18.2 Å². The Balaban J connectivity index is 2.14. The van der Waals surface area contributed by atoms with Crippen molar-refractivity contribution < 1.29 is 13.9 Å². The van der Waals surface area contributed by atoms with Gasteiger partial charge >= 0.3 is 0 Å². The molecule has 0 spiro atoms. The molecule has 1 heterocycles. The minimum absolute atomic E-state index is 0.218. The molecule has 2 rings (SSSR count). The Morgan fingerprint density at radius 2 is 2.00 bits per heavy atom. The lowest BCUT2D eigenvalue weighted by molar-refractivity contribution is 0.0479. The van der Waals surface area contributed by atoms with Gasteiger partial charge in [-0.05, 0) is 50.9 Å². The lowest BCUT2D eigenvalue weighted by Gasteiger charge is -2.29. The Morgan fingerprint density at radius 3 is 2.48 bits per heavy atom. The number of ether oxygens (including phenoxy) is 2. The number of rotatable bonds is 5. The quantitative estimate of drug-likeness (QED) is 0.906. The number of halogens is 1. The molecule has 0 aromatic heterocycles. The molecule has 1 fully saturated rings. The van der Waals surface area contributed by atoms with E-state index in [0.717, 1.165) is 12.0 Å². The molecular weight excluding hydrogens is 269 g/mol. The summed E-state index contributed by atoms with van der Waals surface area (Å²) >= 11 is 0. The average molecular weight is 295 g/mol. The van der Waals surface area contributed by atoms with Crippen molar-refractivity contribution >= 4 is 0 Å². The van der Waals surface area contributed by atoms with E-state index in [1.165, 1.54) is 7.11 Å². The molecule has 0 saturated carbocycles. The first-order chi connectivity index (χ1) is 9.97. The van der Waals surface area contributed by atoms with Crippen LogP contribution in [0.4, 0.5) is 4.39 Å². The van der Waals surface area contributed by atoms with Crippen molar-refractivity contribution in [3.05, 3.63) is 29.6 Å². The van der Waals surface area contributed by atoms with Crippen LogP contribution in [0, 0.1) is 17.7 Å². The Kier molecular flexibility index (Phi) is 5.22. The highest BCUT2D eigenvalue weighted by atomic mass is 19.1. The van der Waals surface area contributed by atoms with E-state index in [1.54, 1.807) is 12.1 Å². The average Bonchev–Trinajstić information content (AvgIpc) is 2.70. The van der Waals surface area contributed by atoms with E-state index >= 15 is 0 Å².